The number of amides is 2. The molecule has 0 bridgehead atoms. The van der Waals surface area contributed by atoms with Crippen LogP contribution < -0.4 is 29.6 Å². The van der Waals surface area contributed by atoms with Crippen molar-refractivity contribution in [3.05, 3.63) is 42.0 Å². The molecular weight excluding hydrogens is 462 g/mol. The number of hydrogen-bond donors (Lipinski definition) is 2. The molecule has 3 aromatic rings. The second kappa shape index (κ2) is 10.4. The van der Waals surface area contributed by atoms with Crippen molar-refractivity contribution in [2.75, 3.05) is 32.3 Å². The molecule has 2 aromatic carbocycles. The third-order valence-corrected chi connectivity index (χ3v) is 6.18. The molecule has 10 nitrogen and oxygen atoms in total. The first-order chi connectivity index (χ1) is 17.5. The molecule has 1 fully saturated rings. The van der Waals surface area contributed by atoms with Crippen LogP contribution in [0.25, 0.3) is 11.0 Å². The lowest BCUT2D eigenvalue weighted by atomic mass is 10.0. The Bertz CT molecular complexity index is 1240. The minimum Gasteiger partial charge on any atom is -0.497 e. The molecule has 1 aromatic heterocycles. The first kappa shape index (κ1) is 23.9. The number of hydrogen-bond acceptors (Lipinski definition) is 8. The van der Waals surface area contributed by atoms with E-state index in [1.54, 1.807) is 13.2 Å². The highest BCUT2D eigenvalue weighted by atomic mass is 16.7. The molecule has 2 aliphatic rings. The van der Waals surface area contributed by atoms with Gasteiger partial charge in [-0.1, -0.05) is 6.07 Å². The number of carbonyl (C=O) groups excluding carboxylic acids is 1. The summed E-state index contributed by atoms with van der Waals surface area (Å²) >= 11 is 0. The summed E-state index contributed by atoms with van der Waals surface area (Å²) in [6.45, 7) is 6.69. The summed E-state index contributed by atoms with van der Waals surface area (Å²) < 4.78 is 22.0. The van der Waals surface area contributed by atoms with Crippen LogP contribution in [0.1, 0.15) is 32.3 Å². The average molecular weight is 494 g/mol. The minimum absolute atomic E-state index is 0.0704. The molecule has 2 amide bonds. The molecule has 0 saturated carbocycles. The number of ether oxygens (including phenoxy) is 4. The molecule has 0 radical (unpaired) electrons. The predicted molar refractivity (Wildman–Crippen MR) is 135 cm³/mol. The van der Waals surface area contributed by atoms with Crippen LogP contribution in [0.5, 0.6) is 23.1 Å². The lowest BCUT2D eigenvalue weighted by Crippen LogP contribution is -2.45. The highest BCUT2D eigenvalue weighted by Crippen LogP contribution is 2.33. The van der Waals surface area contributed by atoms with Crippen molar-refractivity contribution in [3.8, 4) is 23.1 Å². The molecule has 10 heteroatoms. The quantitative estimate of drug-likeness (QED) is 0.510. The Hall–Kier alpha value is -3.79. The van der Waals surface area contributed by atoms with Crippen LogP contribution in [0.3, 0.4) is 0 Å². The van der Waals surface area contributed by atoms with Crippen molar-refractivity contribution in [1.29, 1.82) is 0 Å². The lowest BCUT2D eigenvalue weighted by molar-refractivity contribution is 0.173. The first-order valence-corrected chi connectivity index (χ1v) is 12.2. The molecule has 190 valence electrons. The normalized spacial score (nSPS) is 15.8. The molecule has 36 heavy (non-hydrogen) atoms. The van der Waals surface area contributed by atoms with E-state index in [9.17, 15) is 4.79 Å². The van der Waals surface area contributed by atoms with Gasteiger partial charge in [0.2, 0.25) is 6.79 Å². The predicted octanol–water partition coefficient (Wildman–Crippen LogP) is 3.94. The molecule has 1 saturated heterocycles. The number of benzene rings is 2. The van der Waals surface area contributed by atoms with E-state index in [2.05, 4.69) is 31.6 Å². The van der Waals surface area contributed by atoms with Gasteiger partial charge < -0.3 is 24.3 Å². The number of carbonyl (C=O) groups is 1. The minimum atomic E-state index is -0.325. The first-order valence-electron chi connectivity index (χ1n) is 12.2. The van der Waals surface area contributed by atoms with Gasteiger partial charge in [0.1, 0.15) is 5.75 Å². The molecule has 3 heterocycles. The van der Waals surface area contributed by atoms with Gasteiger partial charge in [0.25, 0.3) is 5.88 Å². The van der Waals surface area contributed by atoms with E-state index in [0.717, 1.165) is 44.0 Å². The molecule has 0 atom stereocenters. The molecule has 0 unspecified atom stereocenters. The summed E-state index contributed by atoms with van der Waals surface area (Å²) in [6, 6.07) is 11.2. The second-order valence-electron chi connectivity index (χ2n) is 9.24. The van der Waals surface area contributed by atoms with Gasteiger partial charge >= 0.3 is 6.03 Å². The van der Waals surface area contributed by atoms with E-state index in [0.29, 0.717) is 16.8 Å². The van der Waals surface area contributed by atoms with E-state index < -0.39 is 0 Å². The van der Waals surface area contributed by atoms with Crippen molar-refractivity contribution in [2.24, 2.45) is 0 Å². The van der Waals surface area contributed by atoms with E-state index in [-0.39, 0.29) is 36.7 Å². The topological polar surface area (TPSA) is 107 Å². The maximum Gasteiger partial charge on any atom is 0.320 e. The summed E-state index contributed by atoms with van der Waals surface area (Å²) in [7, 11) is 1.60. The van der Waals surface area contributed by atoms with Crippen molar-refractivity contribution in [1.82, 2.24) is 20.2 Å². The van der Waals surface area contributed by atoms with Gasteiger partial charge in [-0.25, -0.2) is 14.8 Å². The van der Waals surface area contributed by atoms with Gasteiger partial charge in [0.15, 0.2) is 17.3 Å². The molecule has 2 N–H and O–H groups in total. The van der Waals surface area contributed by atoms with Crippen molar-refractivity contribution >= 4 is 22.9 Å². The fourth-order valence-corrected chi connectivity index (χ4v) is 4.39. The van der Waals surface area contributed by atoms with E-state index >= 15 is 0 Å². The van der Waals surface area contributed by atoms with Gasteiger partial charge in [-0.05, 0) is 56.5 Å². The second-order valence-corrected chi connectivity index (χ2v) is 9.24. The fraction of sp³-hybridized carbons (Fsp3) is 0.423. The van der Waals surface area contributed by atoms with Crippen molar-refractivity contribution in [3.63, 3.8) is 0 Å². The van der Waals surface area contributed by atoms with Crippen LogP contribution in [-0.2, 0) is 6.54 Å². The Morgan fingerprint density at radius 1 is 1.08 bits per heavy atom. The Morgan fingerprint density at radius 3 is 2.67 bits per heavy atom. The van der Waals surface area contributed by atoms with E-state index in [1.165, 1.54) is 5.56 Å². The van der Waals surface area contributed by atoms with Crippen LogP contribution >= 0.6 is 0 Å². The summed E-state index contributed by atoms with van der Waals surface area (Å²) in [5.41, 5.74) is 2.46. The number of methoxy groups -OCH3 is 1. The number of urea groups is 1. The maximum absolute atomic E-state index is 12.8. The van der Waals surface area contributed by atoms with Gasteiger partial charge in [0, 0.05) is 31.7 Å². The zero-order valence-corrected chi connectivity index (χ0v) is 20.7. The van der Waals surface area contributed by atoms with Crippen LogP contribution in [0.15, 0.2) is 36.4 Å². The molecule has 0 aliphatic carbocycles. The number of rotatable bonds is 7. The summed E-state index contributed by atoms with van der Waals surface area (Å²) in [4.78, 5) is 24.4. The third-order valence-electron chi connectivity index (χ3n) is 6.18. The molecule has 5 rings (SSSR count). The largest absolute Gasteiger partial charge is 0.497 e. The Labute approximate surface area is 209 Å². The van der Waals surface area contributed by atoms with Crippen molar-refractivity contribution < 1.29 is 23.7 Å². The fourth-order valence-electron chi connectivity index (χ4n) is 4.39. The van der Waals surface area contributed by atoms with Crippen molar-refractivity contribution in [2.45, 2.75) is 45.4 Å². The zero-order chi connectivity index (χ0) is 25.1. The number of nitrogens with zero attached hydrogens (tertiary/aromatic N) is 3. The maximum atomic E-state index is 12.8. The summed E-state index contributed by atoms with van der Waals surface area (Å²) in [6.07, 6.45) is 1.59. The van der Waals surface area contributed by atoms with Gasteiger partial charge in [-0.15, -0.1) is 0 Å². The molecular formula is C26H31N5O5. The Kier molecular flexibility index (Phi) is 6.95. The highest BCUT2D eigenvalue weighted by molar-refractivity contribution is 5.91. The number of likely N-dealkylation sites (tertiary alicyclic amines) is 1. The molecule has 2 aliphatic heterocycles. The smallest absolute Gasteiger partial charge is 0.320 e. The number of piperidine rings is 1. The highest BCUT2D eigenvalue weighted by Gasteiger charge is 2.23. The Morgan fingerprint density at radius 2 is 1.89 bits per heavy atom. The van der Waals surface area contributed by atoms with E-state index in [4.69, 9.17) is 18.9 Å². The van der Waals surface area contributed by atoms with Crippen LogP contribution in [0, 0.1) is 0 Å². The zero-order valence-electron chi connectivity index (χ0n) is 20.7. The lowest BCUT2D eigenvalue weighted by Gasteiger charge is -2.32. The third kappa shape index (κ3) is 5.54. The standard InChI is InChI=1S/C26H31N5O5/c1-16(2)36-25-24(28-21-13-19(33-3)5-6-20(21)29-25)30-26(32)27-18-8-10-31(11-9-18)14-17-4-7-22-23(12-17)35-15-34-22/h4-7,12-13,16,18H,8-11,14-15H2,1-3H3,(H2,27,28,30,32). The van der Waals surface area contributed by atoms with Crippen LogP contribution in [-0.4, -0.2) is 60.0 Å². The number of nitrogens with one attached hydrogen (secondary N) is 2. The monoisotopic (exact) mass is 493 g/mol. The van der Waals surface area contributed by atoms with Gasteiger partial charge in [-0.2, -0.15) is 0 Å². The summed E-state index contributed by atoms with van der Waals surface area (Å²) in [5, 5.41) is 5.91. The summed E-state index contributed by atoms with van der Waals surface area (Å²) in [5.74, 6) is 2.83. The van der Waals surface area contributed by atoms with Crippen LogP contribution in [0.4, 0.5) is 10.6 Å². The molecule has 0 spiro atoms. The SMILES string of the molecule is COc1ccc2nc(OC(C)C)c(NC(=O)NC3CCN(Cc4ccc5c(c4)OCO5)CC3)nc2c1. The average Bonchev–Trinajstić information content (AvgIpc) is 3.33. The van der Waals surface area contributed by atoms with Crippen LogP contribution in [0.2, 0.25) is 0 Å². The van der Waals surface area contributed by atoms with Gasteiger partial charge in [0.05, 0.1) is 24.2 Å². The number of anilines is 1. The van der Waals surface area contributed by atoms with Gasteiger partial charge in [-0.3, -0.25) is 10.2 Å². The number of fused-ring (bicyclic) bond motifs is 2. The van der Waals surface area contributed by atoms with E-state index in [1.807, 2.05) is 38.1 Å². The Balaban J connectivity index is 1.18. The number of aromatic nitrogens is 2.